The molecular formula is C12H18ClN4OSSi. The van der Waals surface area contributed by atoms with Gasteiger partial charge < -0.3 is 4.74 Å². The molecule has 0 atom stereocenters. The highest BCUT2D eigenvalue weighted by Crippen LogP contribution is 2.22. The molecule has 109 valence electrons. The van der Waals surface area contributed by atoms with Crippen LogP contribution in [0.25, 0.3) is 11.0 Å². The normalized spacial score (nSPS) is 11.7. The molecule has 0 aliphatic heterocycles. The molecule has 8 heteroatoms. The zero-order chi connectivity index (χ0) is 14.5. The van der Waals surface area contributed by atoms with Crippen molar-refractivity contribution in [1.82, 2.24) is 19.7 Å². The van der Waals surface area contributed by atoms with Crippen LogP contribution in [0.1, 0.15) is 6.42 Å². The van der Waals surface area contributed by atoms with Gasteiger partial charge >= 0.3 is 0 Å². The van der Waals surface area contributed by atoms with Crippen LogP contribution in [-0.2, 0) is 11.5 Å². The van der Waals surface area contributed by atoms with Crippen LogP contribution in [0.15, 0.2) is 11.4 Å². The second kappa shape index (κ2) is 7.40. The maximum atomic E-state index is 6.12. The Labute approximate surface area is 129 Å². The van der Waals surface area contributed by atoms with Crippen molar-refractivity contribution in [3.63, 3.8) is 0 Å². The van der Waals surface area contributed by atoms with Gasteiger partial charge in [0.1, 0.15) is 11.9 Å². The Bertz CT molecular complexity index is 578. The number of nitrogens with zero attached hydrogens (tertiary/aromatic N) is 4. The first-order valence-corrected chi connectivity index (χ1v) is 10.7. The molecule has 2 aromatic heterocycles. The lowest BCUT2D eigenvalue weighted by Crippen LogP contribution is -2.08. The average Bonchev–Trinajstić information content (AvgIpc) is 2.81. The van der Waals surface area contributed by atoms with Gasteiger partial charge in [-0.3, -0.25) is 0 Å². The van der Waals surface area contributed by atoms with Gasteiger partial charge in [-0.1, -0.05) is 42.5 Å². The van der Waals surface area contributed by atoms with Crippen LogP contribution < -0.4 is 0 Å². The minimum absolute atomic E-state index is 0.160. The molecule has 0 aliphatic carbocycles. The van der Waals surface area contributed by atoms with Crippen LogP contribution >= 0.6 is 23.4 Å². The highest BCUT2D eigenvalue weighted by molar-refractivity contribution is 7.98. The van der Waals surface area contributed by atoms with Gasteiger partial charge in [-0.15, -0.1) is 0 Å². The lowest BCUT2D eigenvalue weighted by Gasteiger charge is -2.06. The van der Waals surface area contributed by atoms with Gasteiger partial charge in [0.2, 0.25) is 0 Å². The van der Waals surface area contributed by atoms with E-state index in [0.29, 0.717) is 17.0 Å². The summed E-state index contributed by atoms with van der Waals surface area (Å²) in [6, 6.07) is 1.27. The van der Waals surface area contributed by atoms with Crippen molar-refractivity contribution in [1.29, 1.82) is 0 Å². The van der Waals surface area contributed by atoms with E-state index < -0.39 is 0 Å². The van der Waals surface area contributed by atoms with Gasteiger partial charge in [-0.2, -0.15) is 5.10 Å². The molecule has 0 bridgehead atoms. The summed E-state index contributed by atoms with van der Waals surface area (Å²) in [4.78, 5) is 8.62. The fourth-order valence-electron chi connectivity index (χ4n) is 1.77. The number of aromatic nitrogens is 4. The highest BCUT2D eigenvalue weighted by atomic mass is 35.5. The summed E-state index contributed by atoms with van der Waals surface area (Å²) in [7, 11) is -0.160. The second-order valence-corrected chi connectivity index (χ2v) is 8.78. The van der Waals surface area contributed by atoms with E-state index in [0.717, 1.165) is 24.1 Å². The Hall–Kier alpha value is -0.633. The summed E-state index contributed by atoms with van der Waals surface area (Å²) >= 11 is 7.58. The fourth-order valence-corrected chi connectivity index (χ4v) is 3.24. The standard InChI is InChI=1S/C12H18ClN4OSSi/c1-19-12-15-10(13)9-7-14-17(11(9)16-12)8-18-5-4-6-20(2)3/h7H,4-6,8H2,1-3H3. The molecule has 0 aromatic carbocycles. The Morgan fingerprint density at radius 1 is 1.40 bits per heavy atom. The Morgan fingerprint density at radius 2 is 2.20 bits per heavy atom. The van der Waals surface area contributed by atoms with Gasteiger partial charge in [0.05, 0.1) is 11.6 Å². The molecule has 2 heterocycles. The molecule has 0 spiro atoms. The largest absolute Gasteiger partial charge is 0.359 e. The number of hydrogen-bond donors (Lipinski definition) is 0. The number of halogens is 1. The van der Waals surface area contributed by atoms with E-state index in [1.54, 1.807) is 10.9 Å². The molecule has 0 fully saturated rings. The smallest absolute Gasteiger partial charge is 0.190 e. The average molecular weight is 330 g/mol. The van der Waals surface area contributed by atoms with Crippen molar-refractivity contribution in [3.05, 3.63) is 11.3 Å². The predicted octanol–water partition coefficient (Wildman–Crippen LogP) is 3.32. The highest BCUT2D eigenvalue weighted by Gasteiger charge is 2.11. The van der Waals surface area contributed by atoms with Crippen molar-refractivity contribution >= 4 is 43.2 Å². The maximum absolute atomic E-state index is 6.12. The van der Waals surface area contributed by atoms with E-state index in [1.807, 2.05) is 6.26 Å². The molecule has 0 saturated carbocycles. The van der Waals surface area contributed by atoms with Crippen LogP contribution in [0.2, 0.25) is 24.3 Å². The second-order valence-electron chi connectivity index (χ2n) is 4.73. The number of rotatable bonds is 7. The van der Waals surface area contributed by atoms with E-state index in [1.165, 1.54) is 17.8 Å². The third-order valence-electron chi connectivity index (χ3n) is 2.79. The molecule has 1 radical (unpaired) electrons. The zero-order valence-corrected chi connectivity index (χ0v) is 14.5. The summed E-state index contributed by atoms with van der Waals surface area (Å²) in [6.07, 6.45) is 4.71. The van der Waals surface area contributed by atoms with Gasteiger partial charge in [0, 0.05) is 15.4 Å². The van der Waals surface area contributed by atoms with Gasteiger partial charge in [0.25, 0.3) is 0 Å². The van der Waals surface area contributed by atoms with Crippen LogP contribution in [-0.4, -0.2) is 41.4 Å². The first-order valence-electron chi connectivity index (χ1n) is 6.41. The third-order valence-corrected chi connectivity index (χ3v) is 4.98. The monoisotopic (exact) mass is 329 g/mol. The quantitative estimate of drug-likeness (QED) is 0.256. The number of hydrogen-bond acceptors (Lipinski definition) is 5. The zero-order valence-electron chi connectivity index (χ0n) is 11.9. The minimum Gasteiger partial charge on any atom is -0.359 e. The molecule has 5 nitrogen and oxygen atoms in total. The van der Waals surface area contributed by atoms with Crippen molar-refractivity contribution < 1.29 is 4.74 Å². The van der Waals surface area contributed by atoms with E-state index in [4.69, 9.17) is 16.3 Å². The van der Waals surface area contributed by atoms with Crippen LogP contribution in [0.3, 0.4) is 0 Å². The summed E-state index contributed by atoms with van der Waals surface area (Å²) < 4.78 is 7.38. The first kappa shape index (κ1) is 15.8. The molecule has 0 amide bonds. The van der Waals surface area contributed by atoms with E-state index in [2.05, 4.69) is 28.2 Å². The topological polar surface area (TPSA) is 52.8 Å². The summed E-state index contributed by atoms with van der Waals surface area (Å²) in [5, 5.41) is 6.12. The van der Waals surface area contributed by atoms with E-state index in [9.17, 15) is 0 Å². The third kappa shape index (κ3) is 3.94. The lowest BCUT2D eigenvalue weighted by atomic mass is 10.4. The van der Waals surface area contributed by atoms with E-state index >= 15 is 0 Å². The summed E-state index contributed by atoms with van der Waals surface area (Å²) in [6.45, 7) is 5.79. The van der Waals surface area contributed by atoms with Crippen molar-refractivity contribution in [2.45, 2.75) is 37.4 Å². The summed E-state index contributed by atoms with van der Waals surface area (Å²) in [5.74, 6) is 0. The first-order chi connectivity index (χ1) is 9.61. The van der Waals surface area contributed by atoms with E-state index in [-0.39, 0.29) is 8.80 Å². The Kier molecular flexibility index (Phi) is 5.82. The predicted molar refractivity (Wildman–Crippen MR) is 85.0 cm³/mol. The Balaban J connectivity index is 2.01. The van der Waals surface area contributed by atoms with Crippen molar-refractivity contribution in [2.75, 3.05) is 12.9 Å². The van der Waals surface area contributed by atoms with Crippen LogP contribution in [0.5, 0.6) is 0 Å². The minimum atomic E-state index is -0.160. The number of fused-ring (bicyclic) bond motifs is 1. The number of ether oxygens (including phenoxy) is 1. The van der Waals surface area contributed by atoms with Gasteiger partial charge in [-0.05, 0) is 12.7 Å². The van der Waals surface area contributed by atoms with Gasteiger partial charge in [0.15, 0.2) is 10.8 Å². The molecule has 20 heavy (non-hydrogen) atoms. The van der Waals surface area contributed by atoms with Gasteiger partial charge in [-0.25, -0.2) is 14.6 Å². The maximum Gasteiger partial charge on any atom is 0.190 e. The molecule has 2 aromatic rings. The molecule has 0 N–H and O–H groups in total. The van der Waals surface area contributed by atoms with Crippen molar-refractivity contribution in [2.24, 2.45) is 0 Å². The fraction of sp³-hybridized carbons (Fsp3) is 0.583. The van der Waals surface area contributed by atoms with Crippen LogP contribution in [0, 0.1) is 0 Å². The van der Waals surface area contributed by atoms with Crippen LogP contribution in [0.4, 0.5) is 0 Å². The molecular weight excluding hydrogens is 312 g/mol. The molecule has 0 unspecified atom stereocenters. The molecule has 0 saturated heterocycles. The lowest BCUT2D eigenvalue weighted by molar-refractivity contribution is 0.0718. The summed E-state index contributed by atoms with van der Waals surface area (Å²) in [5.41, 5.74) is 0.727. The number of thioether (sulfide) groups is 1. The molecule has 0 aliphatic rings. The SMILES string of the molecule is CSc1nc(Cl)c2cnn(COCCC[Si](C)C)c2n1. The van der Waals surface area contributed by atoms with Crippen molar-refractivity contribution in [3.8, 4) is 0 Å². The Morgan fingerprint density at radius 3 is 2.90 bits per heavy atom. The molecule has 2 rings (SSSR count).